The molecule has 0 spiro atoms. The minimum Gasteiger partial charge on any atom is -0.386 e. The van der Waals surface area contributed by atoms with Crippen molar-refractivity contribution in [1.29, 1.82) is 0 Å². The SMILES string of the molecule is C=CSC(C)C(N)=Nc1ccc2c(c1)SCCN2CCCN1CCCC1. The van der Waals surface area contributed by atoms with E-state index in [2.05, 4.69) is 46.5 Å². The van der Waals surface area contributed by atoms with Gasteiger partial charge in [-0.25, -0.2) is 4.99 Å². The molecular formula is C20H30N4S2. The molecule has 0 bridgehead atoms. The van der Waals surface area contributed by atoms with E-state index in [-0.39, 0.29) is 5.25 Å². The standard InChI is InChI=1S/C20H30N4S2/c1-3-25-16(2)20(21)22-17-7-8-18-19(15-17)26-14-13-24(18)12-6-11-23-9-4-5-10-23/h3,7-8,15-16H,1,4-6,9-14H2,2H3,(H2,21,22). The number of rotatable bonds is 8. The molecule has 0 aromatic heterocycles. The highest BCUT2D eigenvalue weighted by Crippen LogP contribution is 2.37. The van der Waals surface area contributed by atoms with Crippen LogP contribution in [0.5, 0.6) is 0 Å². The second kappa shape index (κ2) is 9.72. The van der Waals surface area contributed by atoms with Gasteiger partial charge in [0.2, 0.25) is 0 Å². The molecule has 142 valence electrons. The van der Waals surface area contributed by atoms with Crippen molar-refractivity contribution in [3.63, 3.8) is 0 Å². The van der Waals surface area contributed by atoms with Gasteiger partial charge >= 0.3 is 0 Å². The van der Waals surface area contributed by atoms with Crippen LogP contribution in [-0.2, 0) is 0 Å². The molecular weight excluding hydrogens is 360 g/mol. The summed E-state index contributed by atoms with van der Waals surface area (Å²) in [6, 6.07) is 6.50. The number of fused-ring (bicyclic) bond motifs is 1. The van der Waals surface area contributed by atoms with Gasteiger partial charge in [-0.1, -0.05) is 6.58 Å². The van der Waals surface area contributed by atoms with Gasteiger partial charge in [-0.3, -0.25) is 0 Å². The van der Waals surface area contributed by atoms with Crippen molar-refractivity contribution < 1.29 is 0 Å². The van der Waals surface area contributed by atoms with E-state index in [1.54, 1.807) is 11.8 Å². The number of aliphatic imine (C=N–C) groups is 1. The van der Waals surface area contributed by atoms with Crippen molar-refractivity contribution >= 4 is 40.7 Å². The summed E-state index contributed by atoms with van der Waals surface area (Å²) in [5.41, 5.74) is 8.43. The average Bonchev–Trinajstić information content (AvgIpc) is 3.15. The summed E-state index contributed by atoms with van der Waals surface area (Å²) in [7, 11) is 0. The monoisotopic (exact) mass is 390 g/mol. The third-order valence-corrected chi connectivity index (χ3v) is 6.85. The molecule has 0 amide bonds. The van der Waals surface area contributed by atoms with E-state index >= 15 is 0 Å². The van der Waals surface area contributed by atoms with Gasteiger partial charge in [0.05, 0.1) is 16.6 Å². The second-order valence-electron chi connectivity index (χ2n) is 6.87. The van der Waals surface area contributed by atoms with Crippen LogP contribution in [0.15, 0.2) is 40.1 Å². The third kappa shape index (κ3) is 5.21. The van der Waals surface area contributed by atoms with E-state index in [1.165, 1.54) is 49.5 Å². The third-order valence-electron chi connectivity index (χ3n) is 4.98. The molecule has 0 radical (unpaired) electrons. The molecule has 1 fully saturated rings. The zero-order chi connectivity index (χ0) is 18.4. The minimum atomic E-state index is 0.151. The van der Waals surface area contributed by atoms with Gasteiger partial charge in [0, 0.05) is 23.7 Å². The molecule has 0 aliphatic carbocycles. The molecule has 26 heavy (non-hydrogen) atoms. The van der Waals surface area contributed by atoms with Crippen molar-refractivity contribution in [2.75, 3.05) is 43.4 Å². The fourth-order valence-electron chi connectivity index (χ4n) is 3.51. The maximum Gasteiger partial charge on any atom is 0.113 e. The Kier molecular flexibility index (Phi) is 7.34. The van der Waals surface area contributed by atoms with Crippen LogP contribution in [0.4, 0.5) is 11.4 Å². The summed E-state index contributed by atoms with van der Waals surface area (Å²) >= 11 is 3.53. The summed E-state index contributed by atoms with van der Waals surface area (Å²) < 4.78 is 0. The normalized spacial score (nSPS) is 19.4. The molecule has 1 saturated heterocycles. The highest BCUT2D eigenvalue weighted by Gasteiger charge is 2.18. The molecule has 6 heteroatoms. The highest BCUT2D eigenvalue weighted by atomic mass is 32.2. The second-order valence-corrected chi connectivity index (χ2v) is 9.32. The van der Waals surface area contributed by atoms with Crippen LogP contribution in [0.2, 0.25) is 0 Å². The van der Waals surface area contributed by atoms with Gasteiger partial charge < -0.3 is 15.5 Å². The minimum absolute atomic E-state index is 0.151. The van der Waals surface area contributed by atoms with E-state index in [0.29, 0.717) is 5.84 Å². The zero-order valence-electron chi connectivity index (χ0n) is 15.7. The first kappa shape index (κ1) is 19.6. The summed E-state index contributed by atoms with van der Waals surface area (Å²) in [5, 5.41) is 1.97. The molecule has 0 saturated carbocycles. The van der Waals surface area contributed by atoms with Crippen molar-refractivity contribution in [2.24, 2.45) is 10.7 Å². The first-order valence-electron chi connectivity index (χ1n) is 9.52. The van der Waals surface area contributed by atoms with E-state index in [4.69, 9.17) is 5.73 Å². The number of benzene rings is 1. The molecule has 2 heterocycles. The maximum absolute atomic E-state index is 6.12. The number of amidine groups is 1. The Hall–Kier alpha value is -1.11. The Morgan fingerprint density at radius 3 is 2.92 bits per heavy atom. The molecule has 3 rings (SSSR count). The fraction of sp³-hybridized carbons (Fsp3) is 0.550. The van der Waals surface area contributed by atoms with Gasteiger partial charge in [0.1, 0.15) is 5.84 Å². The van der Waals surface area contributed by atoms with Crippen LogP contribution < -0.4 is 10.6 Å². The lowest BCUT2D eigenvalue weighted by Crippen LogP contribution is -2.32. The van der Waals surface area contributed by atoms with Crippen LogP contribution in [-0.4, -0.2) is 54.5 Å². The summed E-state index contributed by atoms with van der Waals surface area (Å²) in [5.74, 6) is 1.79. The van der Waals surface area contributed by atoms with E-state index in [9.17, 15) is 0 Å². The smallest absolute Gasteiger partial charge is 0.113 e. The molecule has 2 aliphatic rings. The molecule has 2 N–H and O–H groups in total. The Bertz CT molecular complexity index is 641. The van der Waals surface area contributed by atoms with E-state index < -0.39 is 0 Å². The summed E-state index contributed by atoms with van der Waals surface area (Å²) in [6.45, 7) is 11.9. The highest BCUT2D eigenvalue weighted by molar-refractivity contribution is 8.03. The Morgan fingerprint density at radius 2 is 2.15 bits per heavy atom. The van der Waals surface area contributed by atoms with Crippen LogP contribution in [0.1, 0.15) is 26.2 Å². The Morgan fingerprint density at radius 1 is 1.35 bits per heavy atom. The van der Waals surface area contributed by atoms with Crippen molar-refractivity contribution in [2.45, 2.75) is 36.3 Å². The number of nitrogens with zero attached hydrogens (tertiary/aromatic N) is 3. The number of nitrogens with two attached hydrogens (primary N) is 1. The fourth-order valence-corrected chi connectivity index (χ4v) is 5.07. The molecule has 1 unspecified atom stereocenters. The zero-order valence-corrected chi connectivity index (χ0v) is 17.3. The number of thioether (sulfide) groups is 2. The average molecular weight is 391 g/mol. The number of hydrogen-bond donors (Lipinski definition) is 1. The van der Waals surface area contributed by atoms with Gasteiger partial charge in [-0.05, 0) is 69.4 Å². The van der Waals surface area contributed by atoms with Crippen molar-refractivity contribution in [1.82, 2.24) is 4.90 Å². The number of hydrogen-bond acceptors (Lipinski definition) is 5. The Balaban J connectivity index is 1.62. The molecule has 1 atom stereocenters. The lowest BCUT2D eigenvalue weighted by atomic mass is 10.2. The van der Waals surface area contributed by atoms with Gasteiger partial charge in [-0.15, -0.1) is 23.5 Å². The van der Waals surface area contributed by atoms with Crippen molar-refractivity contribution in [3.05, 3.63) is 30.2 Å². The number of likely N-dealkylation sites (tertiary alicyclic amines) is 1. The van der Waals surface area contributed by atoms with Gasteiger partial charge in [0.15, 0.2) is 0 Å². The first-order valence-corrected chi connectivity index (χ1v) is 11.4. The van der Waals surface area contributed by atoms with Crippen LogP contribution >= 0.6 is 23.5 Å². The maximum atomic E-state index is 6.12. The first-order chi connectivity index (χ1) is 12.7. The molecule has 1 aromatic carbocycles. The number of anilines is 1. The summed E-state index contributed by atoms with van der Waals surface area (Å²) in [6.07, 6.45) is 3.99. The van der Waals surface area contributed by atoms with E-state index in [1.807, 2.05) is 17.2 Å². The summed E-state index contributed by atoms with van der Waals surface area (Å²) in [4.78, 5) is 11.1. The molecule has 4 nitrogen and oxygen atoms in total. The van der Waals surface area contributed by atoms with Crippen molar-refractivity contribution in [3.8, 4) is 0 Å². The lowest BCUT2D eigenvalue weighted by molar-refractivity contribution is 0.334. The van der Waals surface area contributed by atoms with E-state index in [0.717, 1.165) is 24.5 Å². The van der Waals surface area contributed by atoms with Crippen LogP contribution in [0, 0.1) is 0 Å². The topological polar surface area (TPSA) is 44.9 Å². The lowest BCUT2D eigenvalue weighted by Gasteiger charge is -2.31. The quantitative estimate of drug-likeness (QED) is 0.528. The predicted molar refractivity (Wildman–Crippen MR) is 118 cm³/mol. The largest absolute Gasteiger partial charge is 0.386 e. The molecule has 2 aliphatic heterocycles. The van der Waals surface area contributed by atoms with Crippen LogP contribution in [0.25, 0.3) is 0 Å². The van der Waals surface area contributed by atoms with Gasteiger partial charge in [-0.2, -0.15) is 0 Å². The molecule has 1 aromatic rings. The Labute approximate surface area is 166 Å². The predicted octanol–water partition coefficient (Wildman–Crippen LogP) is 4.34. The van der Waals surface area contributed by atoms with Crippen LogP contribution in [0.3, 0.4) is 0 Å². The van der Waals surface area contributed by atoms with Gasteiger partial charge in [0.25, 0.3) is 0 Å².